The molecule has 0 amide bonds. The van der Waals surface area contributed by atoms with Crippen molar-refractivity contribution in [1.29, 1.82) is 5.41 Å². The molecule has 278 valence electrons. The molecule has 8 nitrogen and oxygen atoms in total. The number of aryl methyl sites for hydroxylation is 3. The van der Waals surface area contributed by atoms with Crippen LogP contribution in [0.25, 0.3) is 0 Å². The van der Waals surface area contributed by atoms with Crippen LogP contribution >= 0.6 is 0 Å². The molecular formula is C41H72N6O2. The van der Waals surface area contributed by atoms with Crippen molar-refractivity contribution in [3.05, 3.63) is 87.3 Å². The van der Waals surface area contributed by atoms with Gasteiger partial charge in [-0.05, 0) is 111 Å². The molecule has 0 aromatic carbocycles. The molecule has 0 radical (unpaired) electrons. The molecule has 0 aliphatic carbocycles. The van der Waals surface area contributed by atoms with Gasteiger partial charge in [0, 0.05) is 18.6 Å². The van der Waals surface area contributed by atoms with Crippen LogP contribution in [0.3, 0.4) is 0 Å². The van der Waals surface area contributed by atoms with Crippen LogP contribution in [0.4, 0.5) is 0 Å². The van der Waals surface area contributed by atoms with Crippen molar-refractivity contribution < 1.29 is 10.0 Å². The fourth-order valence-corrected chi connectivity index (χ4v) is 4.35. The van der Waals surface area contributed by atoms with Gasteiger partial charge < -0.3 is 15.5 Å². The van der Waals surface area contributed by atoms with Crippen LogP contribution in [0.2, 0.25) is 0 Å². The molecule has 8 heteroatoms. The molecule has 0 saturated heterocycles. The highest BCUT2D eigenvalue weighted by Crippen LogP contribution is 2.20. The van der Waals surface area contributed by atoms with Gasteiger partial charge in [0.1, 0.15) is 18.5 Å². The van der Waals surface area contributed by atoms with Crippen LogP contribution in [0.1, 0.15) is 179 Å². The highest BCUT2D eigenvalue weighted by Gasteiger charge is 2.08. The van der Waals surface area contributed by atoms with Crippen molar-refractivity contribution in [2.24, 2.45) is 10.3 Å². The normalized spacial score (nSPS) is 10.3. The third-order valence-electron chi connectivity index (χ3n) is 6.82. The average molecular weight is 681 g/mol. The molecule has 2 N–H and O–H groups in total. The Hall–Kier alpha value is -3.94. The highest BCUT2D eigenvalue weighted by atomic mass is 16.6. The van der Waals surface area contributed by atoms with Gasteiger partial charge in [-0.3, -0.25) is 15.0 Å². The van der Waals surface area contributed by atoms with Gasteiger partial charge in [-0.1, -0.05) is 101 Å². The molecule has 0 fully saturated rings. The molecule has 0 bridgehead atoms. The third-order valence-corrected chi connectivity index (χ3v) is 6.82. The van der Waals surface area contributed by atoms with Crippen molar-refractivity contribution >= 4 is 17.1 Å². The maximum atomic E-state index is 8.61. The van der Waals surface area contributed by atoms with Crippen molar-refractivity contribution in [3.63, 3.8) is 0 Å². The molecule has 0 saturated carbocycles. The summed E-state index contributed by atoms with van der Waals surface area (Å²) in [7, 11) is 1.54. The van der Waals surface area contributed by atoms with Crippen LogP contribution in [-0.2, 0) is 4.84 Å². The lowest BCUT2D eigenvalue weighted by molar-refractivity contribution is 0.213. The maximum absolute atomic E-state index is 8.61. The lowest BCUT2D eigenvalue weighted by atomic mass is 9.99. The van der Waals surface area contributed by atoms with E-state index in [0.717, 1.165) is 22.8 Å². The Balaban J connectivity index is -0.000000285. The summed E-state index contributed by atoms with van der Waals surface area (Å²) in [6, 6.07) is 5.98. The van der Waals surface area contributed by atoms with Crippen molar-refractivity contribution in [2.75, 3.05) is 7.11 Å². The predicted octanol–water partition coefficient (Wildman–Crippen LogP) is 12.2. The van der Waals surface area contributed by atoms with Gasteiger partial charge in [-0.2, -0.15) is 0 Å². The summed E-state index contributed by atoms with van der Waals surface area (Å²) >= 11 is 0. The summed E-state index contributed by atoms with van der Waals surface area (Å²) in [5.74, 6) is 1.49. The second kappa shape index (κ2) is 29.0. The Morgan fingerprint density at radius 3 is 1.14 bits per heavy atom. The predicted molar refractivity (Wildman–Crippen MR) is 216 cm³/mol. The van der Waals surface area contributed by atoms with Gasteiger partial charge in [0.2, 0.25) is 0 Å². The molecule has 3 aromatic heterocycles. The smallest absolute Gasteiger partial charge is 0.106 e. The molecule has 0 atom stereocenters. The number of rotatable bonds is 7. The monoisotopic (exact) mass is 681 g/mol. The largest absolute Gasteiger partial charge is 0.411 e. The zero-order valence-electron chi connectivity index (χ0n) is 33.8. The summed E-state index contributed by atoms with van der Waals surface area (Å²) in [4.78, 5) is 17.6. The van der Waals surface area contributed by atoms with Crippen LogP contribution in [0, 0.1) is 26.2 Å². The second-order valence-electron chi connectivity index (χ2n) is 11.4. The number of nitrogens with zero attached hydrogens (tertiary/aromatic N) is 5. The summed E-state index contributed by atoms with van der Waals surface area (Å²) in [5, 5.41) is 23.0. The summed E-state index contributed by atoms with van der Waals surface area (Å²) in [5.41, 5.74) is 11.7. The van der Waals surface area contributed by atoms with Crippen molar-refractivity contribution in [2.45, 2.75) is 150 Å². The van der Waals surface area contributed by atoms with Gasteiger partial charge in [0.25, 0.3) is 0 Å². The van der Waals surface area contributed by atoms with Crippen LogP contribution in [-0.4, -0.2) is 44.4 Å². The number of hydrogen-bond acceptors (Lipinski definition) is 8. The zero-order chi connectivity index (χ0) is 38.1. The van der Waals surface area contributed by atoms with E-state index in [1.54, 1.807) is 21.0 Å². The Labute approximate surface area is 301 Å². The summed E-state index contributed by atoms with van der Waals surface area (Å²) in [6.45, 7) is 36.5. The average Bonchev–Trinajstić information content (AvgIpc) is 3.07. The van der Waals surface area contributed by atoms with E-state index in [-0.39, 0.29) is 7.43 Å². The van der Waals surface area contributed by atoms with E-state index < -0.39 is 0 Å². The zero-order valence-corrected chi connectivity index (χ0v) is 33.8. The molecule has 0 aliphatic heterocycles. The minimum absolute atomic E-state index is 0. The first kappa shape index (κ1) is 51.9. The first-order valence-corrected chi connectivity index (χ1v) is 17.4. The van der Waals surface area contributed by atoms with Gasteiger partial charge >= 0.3 is 0 Å². The Bertz CT molecular complexity index is 1390. The molecule has 0 spiro atoms. The van der Waals surface area contributed by atoms with Crippen molar-refractivity contribution in [1.82, 2.24) is 15.0 Å². The minimum Gasteiger partial charge on any atom is -0.411 e. The summed E-state index contributed by atoms with van der Waals surface area (Å²) < 4.78 is 0. The molecule has 3 heterocycles. The van der Waals surface area contributed by atoms with E-state index in [9.17, 15) is 0 Å². The van der Waals surface area contributed by atoms with E-state index in [4.69, 9.17) is 15.5 Å². The van der Waals surface area contributed by atoms with E-state index in [1.165, 1.54) is 33.4 Å². The number of aromatic nitrogens is 3. The number of nitrogens with one attached hydrogen (secondary N) is 1. The molecular weight excluding hydrogens is 608 g/mol. The van der Waals surface area contributed by atoms with E-state index in [2.05, 4.69) is 80.7 Å². The lowest BCUT2D eigenvalue weighted by Crippen LogP contribution is -2.02. The molecule has 0 aliphatic rings. The minimum atomic E-state index is 0. The second-order valence-corrected chi connectivity index (χ2v) is 11.4. The highest BCUT2D eigenvalue weighted by molar-refractivity contribution is 5.97. The van der Waals surface area contributed by atoms with Crippen molar-refractivity contribution in [3.8, 4) is 0 Å². The molecule has 3 rings (SSSR count). The molecule has 0 unspecified atom stereocenters. The standard InChI is InChI=1S/C12H18N2O.C11H16N2O.C11H16N2.3C2H6.CH4/c1-8(2)11-7-13-12(6-9(11)3)10(4)14-15-5;1-7(2)10-6-12-11(5-8(10)3)9(4)13-14;1-7(2)10-6-13-11(9(4)12)5-8(10)3;3*1-2;/h6-8H,1-5H3;5-7,14H,1-4H3;5-7,12H,1-4H3;3*1-2H3;1H4/b14-10+;13-9+;;;;;. The van der Waals surface area contributed by atoms with Gasteiger partial charge in [-0.15, -0.1) is 0 Å². The Morgan fingerprint density at radius 2 is 0.898 bits per heavy atom. The van der Waals surface area contributed by atoms with Crippen LogP contribution in [0.15, 0.2) is 47.1 Å². The Morgan fingerprint density at radius 1 is 0.612 bits per heavy atom. The number of oxime groups is 2. The van der Waals surface area contributed by atoms with Gasteiger partial charge in [-0.25, -0.2) is 0 Å². The molecule has 3 aromatic rings. The quantitative estimate of drug-likeness (QED) is 0.146. The fraction of sp³-hybridized carbons (Fsp3) is 0.561. The van der Waals surface area contributed by atoms with Crippen LogP contribution < -0.4 is 0 Å². The van der Waals surface area contributed by atoms with E-state index >= 15 is 0 Å². The number of pyridine rings is 3. The SMILES string of the molecule is C.C/C(=N\O)c1cc(C)c(C(C)C)cn1.CC.CC.CC.CC(=N)c1cc(C)c(C(C)C)cn1.CO/N=C(\C)c1cc(C)c(C(C)C)cn1. The first-order valence-electron chi connectivity index (χ1n) is 17.4. The number of hydrogen-bond donors (Lipinski definition) is 2. The lowest BCUT2D eigenvalue weighted by Gasteiger charge is -2.10. The Kier molecular flexibility index (Phi) is 30.7. The first-order chi connectivity index (χ1) is 22.6. The molecule has 49 heavy (non-hydrogen) atoms. The maximum Gasteiger partial charge on any atom is 0.106 e. The van der Waals surface area contributed by atoms with E-state index in [0.29, 0.717) is 29.2 Å². The van der Waals surface area contributed by atoms with Gasteiger partial charge in [0.05, 0.1) is 22.8 Å². The van der Waals surface area contributed by atoms with Gasteiger partial charge in [0.15, 0.2) is 0 Å². The third kappa shape index (κ3) is 19.0. The van der Waals surface area contributed by atoms with Crippen LogP contribution in [0.5, 0.6) is 0 Å². The summed E-state index contributed by atoms with van der Waals surface area (Å²) in [6.07, 6.45) is 5.65. The fourth-order valence-electron chi connectivity index (χ4n) is 4.35. The van der Waals surface area contributed by atoms with E-state index in [1.807, 2.05) is 92.2 Å². The topological polar surface area (TPSA) is 117 Å².